The molecule has 160 valence electrons. The largest absolute Gasteiger partial charge is 0.403 e. The Bertz CT molecular complexity index is 785. The number of hydrogen-bond acceptors (Lipinski definition) is 3. The maximum Gasteiger partial charge on any atom is 0.403 e. The van der Waals surface area contributed by atoms with Crippen LogP contribution in [0.2, 0.25) is 0 Å². The van der Waals surface area contributed by atoms with Crippen LogP contribution in [0.3, 0.4) is 0 Å². The highest BCUT2D eigenvalue weighted by Gasteiger charge is 2.41. The van der Waals surface area contributed by atoms with E-state index in [1.807, 2.05) is 41.4 Å². The first-order chi connectivity index (χ1) is 13.4. The molecule has 29 heavy (non-hydrogen) atoms. The molecule has 3 rings (SSSR count). The van der Waals surface area contributed by atoms with Crippen LogP contribution in [0, 0.1) is 0 Å². The Morgan fingerprint density at radius 3 is 2.41 bits per heavy atom. The van der Waals surface area contributed by atoms with Crippen molar-refractivity contribution in [3.05, 3.63) is 48.3 Å². The van der Waals surface area contributed by atoms with Crippen LogP contribution < -0.4 is 5.32 Å². The lowest BCUT2D eigenvalue weighted by Gasteiger charge is -2.39. The number of halogens is 4. The summed E-state index contributed by atoms with van der Waals surface area (Å²) in [5.41, 5.74) is 1.97. The van der Waals surface area contributed by atoms with E-state index >= 15 is 0 Å². The number of hydrogen-bond donors (Lipinski definition) is 1. The van der Waals surface area contributed by atoms with E-state index in [2.05, 4.69) is 15.4 Å². The molecule has 1 N–H and O–H groups in total. The molecule has 0 aliphatic carbocycles. The number of para-hydroxylation sites is 1. The molecule has 1 aromatic heterocycles. The molecule has 0 spiro atoms. The first kappa shape index (κ1) is 23.5. The van der Waals surface area contributed by atoms with Gasteiger partial charge in [0.05, 0.1) is 11.9 Å². The predicted octanol–water partition coefficient (Wildman–Crippen LogP) is 3.13. The fourth-order valence-corrected chi connectivity index (χ4v) is 3.21. The molecule has 0 radical (unpaired) electrons. The van der Waals surface area contributed by atoms with Gasteiger partial charge in [0.1, 0.15) is 6.04 Å². The maximum atomic E-state index is 12.9. The van der Waals surface area contributed by atoms with Gasteiger partial charge in [-0.15, -0.1) is 24.0 Å². The minimum Gasteiger partial charge on any atom is -0.352 e. The number of benzene rings is 1. The van der Waals surface area contributed by atoms with Crippen LogP contribution >= 0.6 is 24.0 Å². The van der Waals surface area contributed by atoms with Crippen molar-refractivity contribution in [2.45, 2.75) is 25.7 Å². The van der Waals surface area contributed by atoms with Crippen LogP contribution in [0.4, 0.5) is 13.2 Å². The van der Waals surface area contributed by atoms with Crippen LogP contribution in [0.15, 0.2) is 47.7 Å². The second-order valence-corrected chi connectivity index (χ2v) is 6.77. The van der Waals surface area contributed by atoms with E-state index in [0.717, 1.165) is 11.3 Å². The zero-order valence-electron chi connectivity index (χ0n) is 16.4. The highest BCUT2D eigenvalue weighted by atomic mass is 127. The van der Waals surface area contributed by atoms with Crippen LogP contribution in [0.25, 0.3) is 5.69 Å². The third-order valence-electron chi connectivity index (χ3n) is 4.95. The van der Waals surface area contributed by atoms with Gasteiger partial charge in [-0.05, 0) is 19.1 Å². The second-order valence-electron chi connectivity index (χ2n) is 6.77. The summed E-state index contributed by atoms with van der Waals surface area (Å²) < 4.78 is 40.5. The fraction of sp³-hybridized carbons (Fsp3) is 0.474. The van der Waals surface area contributed by atoms with E-state index in [9.17, 15) is 13.2 Å². The van der Waals surface area contributed by atoms with Crippen molar-refractivity contribution >= 4 is 29.9 Å². The number of piperazine rings is 1. The molecule has 6 nitrogen and oxygen atoms in total. The molecule has 2 aromatic rings. The van der Waals surface area contributed by atoms with Crippen molar-refractivity contribution in [2.75, 3.05) is 33.2 Å². The molecule has 1 aromatic carbocycles. The smallest absolute Gasteiger partial charge is 0.352 e. The van der Waals surface area contributed by atoms with Crippen LogP contribution in [-0.4, -0.2) is 71.0 Å². The average Bonchev–Trinajstić information content (AvgIpc) is 3.17. The topological polar surface area (TPSA) is 48.7 Å². The van der Waals surface area contributed by atoms with Crippen molar-refractivity contribution < 1.29 is 13.2 Å². The minimum atomic E-state index is -4.19. The summed E-state index contributed by atoms with van der Waals surface area (Å²) in [5, 5.41) is 7.64. The molecule has 2 heterocycles. The Balaban J connectivity index is 0.00000300. The molecule has 1 unspecified atom stereocenters. The summed E-state index contributed by atoms with van der Waals surface area (Å²) in [5.74, 6) is 0.687. The quantitative estimate of drug-likeness (QED) is 0.381. The van der Waals surface area contributed by atoms with Gasteiger partial charge >= 0.3 is 6.18 Å². The Morgan fingerprint density at radius 1 is 1.17 bits per heavy atom. The maximum absolute atomic E-state index is 12.9. The third-order valence-corrected chi connectivity index (χ3v) is 4.95. The molecule has 10 heteroatoms. The van der Waals surface area contributed by atoms with Crippen molar-refractivity contribution in [1.29, 1.82) is 0 Å². The van der Waals surface area contributed by atoms with E-state index in [1.54, 1.807) is 17.9 Å². The number of nitrogens with zero attached hydrogens (tertiary/aromatic N) is 5. The zero-order chi connectivity index (χ0) is 20.1. The van der Waals surface area contributed by atoms with Gasteiger partial charge in [-0.1, -0.05) is 18.2 Å². The van der Waals surface area contributed by atoms with Gasteiger partial charge < -0.3 is 10.2 Å². The van der Waals surface area contributed by atoms with Gasteiger partial charge in [0.25, 0.3) is 0 Å². The van der Waals surface area contributed by atoms with Gasteiger partial charge in [0.2, 0.25) is 0 Å². The van der Waals surface area contributed by atoms with E-state index in [0.29, 0.717) is 38.7 Å². The summed E-state index contributed by atoms with van der Waals surface area (Å²) in [6, 6.07) is 8.39. The zero-order valence-corrected chi connectivity index (χ0v) is 18.8. The van der Waals surface area contributed by atoms with Crippen molar-refractivity contribution in [1.82, 2.24) is 24.9 Å². The van der Waals surface area contributed by atoms with E-state index in [4.69, 9.17) is 0 Å². The third kappa shape index (κ3) is 6.08. The lowest BCUT2D eigenvalue weighted by Crippen LogP contribution is -2.56. The van der Waals surface area contributed by atoms with Crippen LogP contribution in [0.5, 0.6) is 0 Å². The van der Waals surface area contributed by atoms with Crippen molar-refractivity contribution in [3.63, 3.8) is 0 Å². The Labute approximate surface area is 185 Å². The number of aliphatic imine (C=N–C) groups is 1. The molecular weight excluding hydrogens is 496 g/mol. The molecular formula is C19H26F3IN6. The van der Waals surface area contributed by atoms with E-state index in [1.165, 1.54) is 11.8 Å². The number of aromatic nitrogens is 2. The lowest BCUT2D eigenvalue weighted by atomic mass is 10.2. The highest BCUT2D eigenvalue weighted by Crippen LogP contribution is 2.25. The van der Waals surface area contributed by atoms with E-state index in [-0.39, 0.29) is 24.0 Å². The van der Waals surface area contributed by atoms with Crippen LogP contribution in [-0.2, 0) is 6.54 Å². The van der Waals surface area contributed by atoms with Crippen molar-refractivity contribution in [2.24, 2.45) is 4.99 Å². The molecule has 0 bridgehead atoms. The molecule has 1 aliphatic heterocycles. The lowest BCUT2D eigenvalue weighted by molar-refractivity contribution is -0.181. The van der Waals surface area contributed by atoms with Gasteiger partial charge in [-0.2, -0.15) is 18.3 Å². The normalized spacial score (nSPS) is 17.0. The summed E-state index contributed by atoms with van der Waals surface area (Å²) in [4.78, 5) is 7.73. The average molecular weight is 522 g/mol. The highest BCUT2D eigenvalue weighted by molar-refractivity contribution is 14.0. The van der Waals surface area contributed by atoms with E-state index < -0.39 is 12.2 Å². The number of guanidine groups is 1. The van der Waals surface area contributed by atoms with Crippen molar-refractivity contribution in [3.8, 4) is 5.69 Å². The SMILES string of the molecule is CN=C(NCc1cnn(-c2ccccc2)c1)N1CCN(C(C)C(F)(F)F)CC1.I. The summed E-state index contributed by atoms with van der Waals surface area (Å²) in [6.45, 7) is 3.47. The number of alkyl halides is 3. The fourth-order valence-electron chi connectivity index (χ4n) is 3.21. The Morgan fingerprint density at radius 2 is 1.83 bits per heavy atom. The van der Waals surface area contributed by atoms with Gasteiger partial charge in [0.15, 0.2) is 5.96 Å². The molecule has 0 saturated carbocycles. The summed E-state index contributed by atoms with van der Waals surface area (Å²) in [6.07, 6.45) is -0.463. The standard InChI is InChI=1S/C19H25F3N6.HI/c1-15(19(20,21)22)26-8-10-27(11-9-26)18(23-2)24-12-16-13-25-28(14-16)17-6-4-3-5-7-17;/h3-7,13-15H,8-12H2,1-2H3,(H,23,24);1H. The Hall–Kier alpha value is -1.82. The number of rotatable bonds is 4. The molecule has 1 atom stereocenters. The Kier molecular flexibility index (Phi) is 8.32. The summed E-state index contributed by atoms with van der Waals surface area (Å²) >= 11 is 0. The summed E-state index contributed by atoms with van der Waals surface area (Å²) in [7, 11) is 1.68. The molecule has 1 saturated heterocycles. The minimum absolute atomic E-state index is 0. The van der Waals surface area contributed by atoms with Gasteiger partial charge in [-0.3, -0.25) is 9.89 Å². The molecule has 1 aliphatic rings. The number of nitrogens with one attached hydrogen (secondary N) is 1. The van der Waals surface area contributed by atoms with Gasteiger partial charge in [-0.25, -0.2) is 4.68 Å². The second kappa shape index (κ2) is 10.3. The monoisotopic (exact) mass is 522 g/mol. The first-order valence-corrected chi connectivity index (χ1v) is 9.24. The van der Waals surface area contributed by atoms with Gasteiger partial charge in [0, 0.05) is 51.5 Å². The molecule has 0 amide bonds. The molecule has 1 fully saturated rings. The first-order valence-electron chi connectivity index (χ1n) is 9.24. The van der Waals surface area contributed by atoms with Crippen LogP contribution in [0.1, 0.15) is 12.5 Å². The predicted molar refractivity (Wildman–Crippen MR) is 118 cm³/mol.